The SMILES string of the molecule is CN(C)C(=O)C=CCCC(OC(=O)N(C)C)C(=O)Nc1cccn(Cc2cc3cc(F)ccc3n2Cc2ccc(F)cc2F)c1=O. The number of benzene rings is 2. The number of nitrogens with zero attached hydrogens (tertiary/aromatic N) is 4. The predicted octanol–water partition coefficient (Wildman–Crippen LogP) is 4.75. The van der Waals surface area contributed by atoms with Crippen molar-refractivity contribution in [3.8, 4) is 0 Å². The molecular formula is C33H34F3N5O5. The van der Waals surface area contributed by atoms with Gasteiger partial charge in [-0.15, -0.1) is 0 Å². The number of hydrogen-bond acceptors (Lipinski definition) is 5. The fraction of sp³-hybridized carbons (Fsp3) is 0.273. The van der Waals surface area contributed by atoms with Gasteiger partial charge in [0.2, 0.25) is 5.91 Å². The van der Waals surface area contributed by atoms with Crippen molar-refractivity contribution in [2.24, 2.45) is 0 Å². The van der Waals surface area contributed by atoms with E-state index in [0.29, 0.717) is 16.6 Å². The Labute approximate surface area is 263 Å². The molecule has 0 spiro atoms. The first kappa shape index (κ1) is 33.6. The molecule has 1 unspecified atom stereocenters. The lowest BCUT2D eigenvalue weighted by atomic mass is 10.1. The summed E-state index contributed by atoms with van der Waals surface area (Å²) in [6.45, 7) is -0.0549. The summed E-state index contributed by atoms with van der Waals surface area (Å²) in [5.41, 5.74) is 0.615. The van der Waals surface area contributed by atoms with Gasteiger partial charge in [-0.25, -0.2) is 18.0 Å². The molecule has 4 aromatic rings. The van der Waals surface area contributed by atoms with Crippen LogP contribution in [0.3, 0.4) is 0 Å². The average molecular weight is 638 g/mol. The van der Waals surface area contributed by atoms with Crippen LogP contribution in [0, 0.1) is 17.5 Å². The lowest BCUT2D eigenvalue weighted by molar-refractivity contribution is -0.125. The summed E-state index contributed by atoms with van der Waals surface area (Å²) in [5.74, 6) is -2.94. The fourth-order valence-electron chi connectivity index (χ4n) is 4.63. The second-order valence-electron chi connectivity index (χ2n) is 11.0. The van der Waals surface area contributed by atoms with E-state index >= 15 is 0 Å². The molecule has 2 aromatic carbocycles. The number of nitrogens with one attached hydrogen (secondary N) is 1. The van der Waals surface area contributed by atoms with Crippen LogP contribution in [0.1, 0.15) is 24.1 Å². The summed E-state index contributed by atoms with van der Waals surface area (Å²) in [6.07, 6.45) is 2.64. The van der Waals surface area contributed by atoms with Gasteiger partial charge in [0.05, 0.1) is 13.1 Å². The molecule has 0 bridgehead atoms. The zero-order valence-corrected chi connectivity index (χ0v) is 25.8. The van der Waals surface area contributed by atoms with Gasteiger partial charge in [-0.1, -0.05) is 12.1 Å². The summed E-state index contributed by atoms with van der Waals surface area (Å²) in [6, 6.07) is 12.0. The molecule has 1 N–H and O–H groups in total. The summed E-state index contributed by atoms with van der Waals surface area (Å²) in [5, 5.41) is 3.06. The lowest BCUT2D eigenvalue weighted by Crippen LogP contribution is -2.37. The van der Waals surface area contributed by atoms with Crippen LogP contribution in [-0.4, -0.2) is 71.1 Å². The molecule has 242 valence electrons. The number of amides is 3. The standard InChI is InChI=1S/C33H34F3N5O5/c1-38(2)30(42)10-6-5-9-29(46-33(45)39(3)4)31(43)37-27-8-7-15-40(32(27)44)20-25-17-22-16-23(34)13-14-28(22)41(25)19-21-11-12-24(35)18-26(21)36/h6-8,10-18,29H,5,9,19-20H2,1-4H3,(H,37,43). The van der Waals surface area contributed by atoms with Crippen molar-refractivity contribution in [1.82, 2.24) is 18.9 Å². The van der Waals surface area contributed by atoms with Gasteiger partial charge in [0.1, 0.15) is 23.1 Å². The largest absolute Gasteiger partial charge is 0.436 e. The molecule has 0 aliphatic rings. The Balaban J connectivity index is 1.60. The topological polar surface area (TPSA) is 106 Å². The van der Waals surface area contributed by atoms with Crippen molar-refractivity contribution in [3.63, 3.8) is 0 Å². The number of halogens is 3. The highest BCUT2D eigenvalue weighted by Crippen LogP contribution is 2.24. The van der Waals surface area contributed by atoms with Crippen LogP contribution < -0.4 is 10.9 Å². The summed E-state index contributed by atoms with van der Waals surface area (Å²) in [7, 11) is 6.11. The van der Waals surface area contributed by atoms with Crippen molar-refractivity contribution in [2.75, 3.05) is 33.5 Å². The molecule has 3 amide bonds. The van der Waals surface area contributed by atoms with Gasteiger partial charge in [-0.05, 0) is 61.4 Å². The minimum absolute atomic E-state index is 0.0186. The second kappa shape index (κ2) is 14.6. The Hall–Kier alpha value is -5.33. The molecule has 0 aliphatic carbocycles. The van der Waals surface area contributed by atoms with Gasteiger partial charge in [0.15, 0.2) is 6.10 Å². The van der Waals surface area contributed by atoms with Crippen LogP contribution in [0.2, 0.25) is 0 Å². The van der Waals surface area contributed by atoms with E-state index in [9.17, 15) is 32.3 Å². The van der Waals surface area contributed by atoms with E-state index in [1.54, 1.807) is 36.9 Å². The number of allylic oxidation sites excluding steroid dienone is 1. The molecule has 10 nitrogen and oxygen atoms in total. The van der Waals surface area contributed by atoms with Crippen LogP contribution in [0.25, 0.3) is 10.9 Å². The normalized spacial score (nSPS) is 11.9. The van der Waals surface area contributed by atoms with Crippen LogP contribution in [0.5, 0.6) is 0 Å². The number of ether oxygens (including phenoxy) is 1. The molecule has 1 atom stereocenters. The monoisotopic (exact) mass is 637 g/mol. The average Bonchev–Trinajstić information content (AvgIpc) is 3.32. The highest BCUT2D eigenvalue weighted by atomic mass is 19.1. The highest BCUT2D eigenvalue weighted by molar-refractivity contribution is 5.95. The molecule has 2 aromatic heterocycles. The number of rotatable bonds is 11. The van der Waals surface area contributed by atoms with E-state index in [0.717, 1.165) is 17.0 Å². The number of pyridine rings is 1. The van der Waals surface area contributed by atoms with E-state index in [1.165, 1.54) is 66.2 Å². The Morgan fingerprint density at radius 2 is 1.65 bits per heavy atom. The summed E-state index contributed by atoms with van der Waals surface area (Å²) < 4.78 is 50.6. The first-order valence-corrected chi connectivity index (χ1v) is 14.3. The molecule has 0 radical (unpaired) electrons. The third-order valence-corrected chi connectivity index (χ3v) is 7.10. The third-order valence-electron chi connectivity index (χ3n) is 7.10. The van der Waals surface area contributed by atoms with Crippen LogP contribution in [0.15, 0.2) is 77.7 Å². The van der Waals surface area contributed by atoms with Crippen LogP contribution >= 0.6 is 0 Å². The molecule has 0 fully saturated rings. The molecule has 4 rings (SSSR count). The Morgan fingerprint density at radius 3 is 2.35 bits per heavy atom. The highest BCUT2D eigenvalue weighted by Gasteiger charge is 2.24. The maximum Gasteiger partial charge on any atom is 0.410 e. The van der Waals surface area contributed by atoms with Gasteiger partial charge in [-0.3, -0.25) is 14.4 Å². The van der Waals surface area contributed by atoms with E-state index in [2.05, 4.69) is 5.32 Å². The van der Waals surface area contributed by atoms with Gasteiger partial charge in [0, 0.05) is 62.6 Å². The maximum absolute atomic E-state index is 14.6. The van der Waals surface area contributed by atoms with Crippen molar-refractivity contribution in [3.05, 3.63) is 112 Å². The molecule has 0 saturated heterocycles. The zero-order chi connectivity index (χ0) is 33.5. The smallest absolute Gasteiger partial charge is 0.410 e. The summed E-state index contributed by atoms with van der Waals surface area (Å²) >= 11 is 0. The Bertz CT molecular complexity index is 1850. The lowest BCUT2D eigenvalue weighted by Gasteiger charge is -2.20. The van der Waals surface area contributed by atoms with E-state index in [4.69, 9.17) is 4.74 Å². The number of anilines is 1. The first-order valence-electron chi connectivity index (χ1n) is 14.3. The number of carbonyl (C=O) groups excluding carboxylic acids is 3. The van der Waals surface area contributed by atoms with E-state index in [1.807, 2.05) is 0 Å². The maximum atomic E-state index is 14.6. The minimum Gasteiger partial charge on any atom is -0.436 e. The van der Waals surface area contributed by atoms with E-state index in [-0.39, 0.29) is 43.1 Å². The third kappa shape index (κ3) is 8.23. The molecular weight excluding hydrogens is 603 g/mol. The van der Waals surface area contributed by atoms with Crippen molar-refractivity contribution < 1.29 is 32.3 Å². The quantitative estimate of drug-likeness (QED) is 0.239. The number of carbonyl (C=O) groups is 3. The van der Waals surface area contributed by atoms with Gasteiger partial charge < -0.3 is 29.0 Å². The van der Waals surface area contributed by atoms with Gasteiger partial charge in [0.25, 0.3) is 11.5 Å². The summed E-state index contributed by atoms with van der Waals surface area (Å²) in [4.78, 5) is 53.4. The van der Waals surface area contributed by atoms with Crippen molar-refractivity contribution >= 4 is 34.5 Å². The van der Waals surface area contributed by atoms with Crippen LogP contribution in [0.4, 0.5) is 23.7 Å². The van der Waals surface area contributed by atoms with Crippen molar-refractivity contribution in [1.29, 1.82) is 0 Å². The second-order valence-corrected chi connectivity index (χ2v) is 11.0. The predicted molar refractivity (Wildman–Crippen MR) is 167 cm³/mol. The molecule has 0 saturated carbocycles. The minimum atomic E-state index is -1.27. The van der Waals surface area contributed by atoms with Crippen LogP contribution in [-0.2, 0) is 27.4 Å². The number of fused-ring (bicyclic) bond motifs is 1. The van der Waals surface area contributed by atoms with E-state index < -0.39 is 41.1 Å². The molecule has 0 aliphatic heterocycles. The zero-order valence-electron chi connectivity index (χ0n) is 25.8. The molecule has 13 heteroatoms. The first-order chi connectivity index (χ1) is 21.8. The number of likely N-dealkylation sites (N-methyl/N-ethyl adjacent to an activating group) is 1. The molecule has 46 heavy (non-hydrogen) atoms. The Kier molecular flexibility index (Phi) is 10.7. The fourth-order valence-corrected chi connectivity index (χ4v) is 4.63. The number of aromatic nitrogens is 2. The van der Waals surface area contributed by atoms with Crippen molar-refractivity contribution in [2.45, 2.75) is 32.0 Å². The number of hydrogen-bond donors (Lipinski definition) is 1. The Morgan fingerprint density at radius 1 is 0.935 bits per heavy atom. The van der Waals surface area contributed by atoms with Gasteiger partial charge >= 0.3 is 6.09 Å². The molecule has 2 heterocycles. The van der Waals surface area contributed by atoms with Gasteiger partial charge in [-0.2, -0.15) is 0 Å².